The second-order valence-corrected chi connectivity index (χ2v) is 5.04. The molecule has 0 heterocycles. The zero-order chi connectivity index (χ0) is 15.8. The molecule has 0 radical (unpaired) electrons. The number of rotatable bonds is 6. The topological polar surface area (TPSA) is 67.4 Å². The van der Waals surface area contributed by atoms with E-state index in [0.717, 1.165) is 6.07 Å². The number of hydrogen-bond donors (Lipinski definition) is 2. The summed E-state index contributed by atoms with van der Waals surface area (Å²) in [6, 6.07) is 3.76. The molecule has 0 aliphatic carbocycles. The molecule has 0 aromatic heterocycles. The summed E-state index contributed by atoms with van der Waals surface area (Å²) in [7, 11) is 0. The zero-order valence-electron chi connectivity index (χ0n) is 11.9. The minimum atomic E-state index is -0.930. The quantitative estimate of drug-likeness (QED) is 0.625. The maximum atomic E-state index is 13.5. The normalized spacial score (nSPS) is 10.5. The summed E-state index contributed by atoms with van der Waals surface area (Å²) in [4.78, 5) is 23.1. The number of benzene rings is 1. The molecule has 0 aliphatic heterocycles. The van der Waals surface area contributed by atoms with Crippen LogP contribution in [0.25, 0.3) is 0 Å². The number of halogens is 2. The van der Waals surface area contributed by atoms with Gasteiger partial charge in [0, 0.05) is 18.2 Å². The minimum absolute atomic E-state index is 0.0947. The predicted molar refractivity (Wildman–Crippen MR) is 78.8 cm³/mol. The standard InChI is InChI=1S/C14H18ClFN2O3/c1-9(2)21-7-3-6-17-13(19)14(20)18-12-5-4-10(15)8-11(12)16/h4-5,8-9H,3,6-7H2,1-2H3,(H,17,19)(H,18,20). The molecule has 2 amide bonds. The van der Waals surface area contributed by atoms with Gasteiger partial charge in [0.1, 0.15) is 5.82 Å². The van der Waals surface area contributed by atoms with Crippen LogP contribution in [0.5, 0.6) is 0 Å². The minimum Gasteiger partial charge on any atom is -0.379 e. The lowest BCUT2D eigenvalue weighted by atomic mass is 10.3. The van der Waals surface area contributed by atoms with E-state index in [0.29, 0.717) is 19.6 Å². The molecule has 0 saturated heterocycles. The van der Waals surface area contributed by atoms with Crippen LogP contribution < -0.4 is 10.6 Å². The third-order valence-corrected chi connectivity index (χ3v) is 2.68. The van der Waals surface area contributed by atoms with Crippen LogP contribution in [0.4, 0.5) is 10.1 Å². The van der Waals surface area contributed by atoms with Gasteiger partial charge in [0.25, 0.3) is 0 Å². The van der Waals surface area contributed by atoms with Crippen molar-refractivity contribution in [2.45, 2.75) is 26.4 Å². The highest BCUT2D eigenvalue weighted by molar-refractivity contribution is 6.39. The summed E-state index contributed by atoms with van der Waals surface area (Å²) >= 11 is 5.59. The van der Waals surface area contributed by atoms with E-state index in [1.807, 2.05) is 13.8 Å². The monoisotopic (exact) mass is 316 g/mol. The lowest BCUT2D eigenvalue weighted by Crippen LogP contribution is -2.36. The van der Waals surface area contributed by atoms with Gasteiger partial charge in [-0.05, 0) is 38.5 Å². The molecule has 2 N–H and O–H groups in total. The summed E-state index contributed by atoms with van der Waals surface area (Å²) in [5, 5.41) is 4.82. The molecular weight excluding hydrogens is 299 g/mol. The molecule has 0 atom stereocenters. The maximum absolute atomic E-state index is 13.5. The fourth-order valence-electron chi connectivity index (χ4n) is 1.44. The maximum Gasteiger partial charge on any atom is 0.313 e. The summed E-state index contributed by atoms with van der Waals surface area (Å²) in [6.45, 7) is 4.62. The van der Waals surface area contributed by atoms with Crippen LogP contribution >= 0.6 is 11.6 Å². The first-order valence-electron chi connectivity index (χ1n) is 6.56. The van der Waals surface area contributed by atoms with Gasteiger partial charge in [-0.2, -0.15) is 0 Å². The Labute approximate surface area is 127 Å². The molecule has 21 heavy (non-hydrogen) atoms. The van der Waals surface area contributed by atoms with E-state index < -0.39 is 17.6 Å². The second kappa shape index (κ2) is 8.59. The van der Waals surface area contributed by atoms with Crippen molar-refractivity contribution in [2.24, 2.45) is 0 Å². The smallest absolute Gasteiger partial charge is 0.313 e. The number of anilines is 1. The van der Waals surface area contributed by atoms with Crippen LogP contribution in [0, 0.1) is 5.82 Å². The zero-order valence-corrected chi connectivity index (χ0v) is 12.7. The molecule has 0 spiro atoms. The van der Waals surface area contributed by atoms with Crippen LogP contribution in [-0.4, -0.2) is 31.1 Å². The Morgan fingerprint density at radius 3 is 2.67 bits per heavy atom. The van der Waals surface area contributed by atoms with Gasteiger partial charge in [-0.15, -0.1) is 0 Å². The molecule has 5 nitrogen and oxygen atoms in total. The average Bonchev–Trinajstić information content (AvgIpc) is 2.40. The van der Waals surface area contributed by atoms with Crippen molar-refractivity contribution in [3.8, 4) is 0 Å². The molecule has 1 aromatic rings. The summed E-state index contributed by atoms with van der Waals surface area (Å²) in [5.41, 5.74) is -0.0947. The first-order chi connectivity index (χ1) is 9.90. The average molecular weight is 317 g/mol. The van der Waals surface area contributed by atoms with Crippen molar-refractivity contribution >= 4 is 29.1 Å². The molecule has 7 heteroatoms. The first kappa shape index (κ1) is 17.4. The van der Waals surface area contributed by atoms with E-state index in [1.54, 1.807) is 0 Å². The Morgan fingerprint density at radius 2 is 2.05 bits per heavy atom. The second-order valence-electron chi connectivity index (χ2n) is 4.61. The number of carbonyl (C=O) groups is 2. The van der Waals surface area contributed by atoms with E-state index >= 15 is 0 Å². The Balaban J connectivity index is 2.36. The van der Waals surface area contributed by atoms with Gasteiger partial charge in [0.15, 0.2) is 0 Å². The largest absolute Gasteiger partial charge is 0.379 e. The lowest BCUT2D eigenvalue weighted by Gasteiger charge is -2.09. The predicted octanol–water partition coefficient (Wildman–Crippen LogP) is 2.35. The van der Waals surface area contributed by atoms with Gasteiger partial charge in [-0.3, -0.25) is 9.59 Å². The Hall–Kier alpha value is -1.66. The van der Waals surface area contributed by atoms with Crippen LogP contribution in [0.3, 0.4) is 0 Å². The fraction of sp³-hybridized carbons (Fsp3) is 0.429. The van der Waals surface area contributed by atoms with E-state index in [1.165, 1.54) is 12.1 Å². The summed E-state index contributed by atoms with van der Waals surface area (Å²) < 4.78 is 18.7. The van der Waals surface area contributed by atoms with Gasteiger partial charge in [0.05, 0.1) is 11.8 Å². The lowest BCUT2D eigenvalue weighted by molar-refractivity contribution is -0.136. The molecule has 1 aromatic carbocycles. The molecular formula is C14H18ClFN2O3. The molecule has 0 aliphatic rings. The number of amides is 2. The van der Waals surface area contributed by atoms with Crippen molar-refractivity contribution in [1.82, 2.24) is 5.32 Å². The highest BCUT2D eigenvalue weighted by Gasteiger charge is 2.15. The van der Waals surface area contributed by atoms with E-state index in [2.05, 4.69) is 10.6 Å². The van der Waals surface area contributed by atoms with Gasteiger partial charge in [0.2, 0.25) is 0 Å². The van der Waals surface area contributed by atoms with E-state index in [4.69, 9.17) is 16.3 Å². The molecule has 0 fully saturated rings. The number of hydrogen-bond acceptors (Lipinski definition) is 3. The van der Waals surface area contributed by atoms with Crippen LogP contribution in [-0.2, 0) is 14.3 Å². The van der Waals surface area contributed by atoms with Crippen molar-refractivity contribution in [2.75, 3.05) is 18.5 Å². The first-order valence-corrected chi connectivity index (χ1v) is 6.93. The number of nitrogens with one attached hydrogen (secondary N) is 2. The van der Waals surface area contributed by atoms with Crippen LogP contribution in [0.1, 0.15) is 20.3 Å². The van der Waals surface area contributed by atoms with Gasteiger partial charge < -0.3 is 15.4 Å². The summed E-state index contributed by atoms with van der Waals surface area (Å²) in [6.07, 6.45) is 0.712. The Bertz CT molecular complexity index is 509. The summed E-state index contributed by atoms with van der Waals surface area (Å²) in [5.74, 6) is -2.45. The third-order valence-electron chi connectivity index (χ3n) is 2.44. The van der Waals surface area contributed by atoms with Gasteiger partial charge >= 0.3 is 11.8 Å². The van der Waals surface area contributed by atoms with Crippen molar-refractivity contribution < 1.29 is 18.7 Å². The van der Waals surface area contributed by atoms with Crippen LogP contribution in [0.15, 0.2) is 18.2 Å². The van der Waals surface area contributed by atoms with Crippen molar-refractivity contribution in [1.29, 1.82) is 0 Å². The molecule has 0 unspecified atom stereocenters. The molecule has 116 valence electrons. The van der Waals surface area contributed by atoms with Gasteiger partial charge in [-0.1, -0.05) is 11.6 Å². The SMILES string of the molecule is CC(C)OCCCNC(=O)C(=O)Nc1ccc(Cl)cc1F. The molecule has 1 rings (SSSR count). The van der Waals surface area contributed by atoms with Crippen molar-refractivity contribution in [3.05, 3.63) is 29.0 Å². The molecule has 0 bridgehead atoms. The Kier molecular flexibility index (Phi) is 7.11. The molecule has 0 saturated carbocycles. The highest BCUT2D eigenvalue weighted by atomic mass is 35.5. The van der Waals surface area contributed by atoms with Crippen LogP contribution in [0.2, 0.25) is 5.02 Å². The van der Waals surface area contributed by atoms with E-state index in [-0.39, 0.29) is 16.8 Å². The van der Waals surface area contributed by atoms with Gasteiger partial charge in [-0.25, -0.2) is 4.39 Å². The number of carbonyl (C=O) groups excluding carboxylic acids is 2. The number of ether oxygens (including phenoxy) is 1. The third kappa shape index (κ3) is 6.55. The highest BCUT2D eigenvalue weighted by Crippen LogP contribution is 2.18. The Morgan fingerprint density at radius 1 is 1.33 bits per heavy atom. The van der Waals surface area contributed by atoms with E-state index in [9.17, 15) is 14.0 Å². The fourth-order valence-corrected chi connectivity index (χ4v) is 1.60. The van der Waals surface area contributed by atoms with Crippen molar-refractivity contribution in [3.63, 3.8) is 0 Å².